The van der Waals surface area contributed by atoms with Crippen molar-refractivity contribution in [1.82, 2.24) is 4.90 Å². The van der Waals surface area contributed by atoms with Crippen LogP contribution in [-0.4, -0.2) is 29.9 Å². The van der Waals surface area contributed by atoms with Crippen LogP contribution < -0.4 is 5.73 Å². The maximum absolute atomic E-state index is 11.8. The highest BCUT2D eigenvalue weighted by Gasteiger charge is 2.24. The molecule has 94 valence electrons. The van der Waals surface area contributed by atoms with E-state index in [1.807, 2.05) is 25.2 Å². The SMILES string of the molecule is CN(CCCc1ccccc1)C(=O)C(C)(C)N. The van der Waals surface area contributed by atoms with E-state index in [4.69, 9.17) is 5.73 Å². The molecule has 0 spiro atoms. The van der Waals surface area contributed by atoms with Crippen molar-refractivity contribution in [2.24, 2.45) is 5.73 Å². The minimum Gasteiger partial charge on any atom is -0.344 e. The predicted molar refractivity (Wildman–Crippen MR) is 70.7 cm³/mol. The lowest BCUT2D eigenvalue weighted by atomic mass is 10.1. The summed E-state index contributed by atoms with van der Waals surface area (Å²) in [6, 6.07) is 10.3. The van der Waals surface area contributed by atoms with Crippen molar-refractivity contribution in [3.63, 3.8) is 0 Å². The van der Waals surface area contributed by atoms with Crippen LogP contribution in [0.5, 0.6) is 0 Å². The molecule has 3 nitrogen and oxygen atoms in total. The van der Waals surface area contributed by atoms with Gasteiger partial charge in [0.25, 0.3) is 0 Å². The van der Waals surface area contributed by atoms with Crippen LogP contribution in [0.1, 0.15) is 25.8 Å². The Morgan fingerprint density at radius 1 is 1.29 bits per heavy atom. The summed E-state index contributed by atoms with van der Waals surface area (Å²) < 4.78 is 0. The first-order valence-corrected chi connectivity index (χ1v) is 5.99. The van der Waals surface area contributed by atoms with Crippen LogP contribution in [-0.2, 0) is 11.2 Å². The molecule has 0 fully saturated rings. The Bertz CT molecular complexity index is 354. The fraction of sp³-hybridized carbons (Fsp3) is 0.500. The molecule has 2 N–H and O–H groups in total. The van der Waals surface area contributed by atoms with Gasteiger partial charge >= 0.3 is 0 Å². The van der Waals surface area contributed by atoms with Gasteiger partial charge in [-0.05, 0) is 32.3 Å². The van der Waals surface area contributed by atoms with E-state index in [0.717, 1.165) is 19.4 Å². The number of hydrogen-bond acceptors (Lipinski definition) is 2. The van der Waals surface area contributed by atoms with Crippen molar-refractivity contribution in [2.45, 2.75) is 32.2 Å². The van der Waals surface area contributed by atoms with Crippen molar-refractivity contribution in [3.05, 3.63) is 35.9 Å². The van der Waals surface area contributed by atoms with E-state index in [1.54, 1.807) is 18.7 Å². The van der Waals surface area contributed by atoms with Gasteiger partial charge in [0.2, 0.25) is 5.91 Å². The molecule has 1 aromatic rings. The number of likely N-dealkylation sites (N-methyl/N-ethyl adjacent to an activating group) is 1. The van der Waals surface area contributed by atoms with Gasteiger partial charge in [-0.2, -0.15) is 0 Å². The highest BCUT2D eigenvalue weighted by Crippen LogP contribution is 2.06. The summed E-state index contributed by atoms with van der Waals surface area (Å²) in [6.45, 7) is 4.22. The minimum atomic E-state index is -0.776. The normalized spacial score (nSPS) is 11.3. The quantitative estimate of drug-likeness (QED) is 0.844. The van der Waals surface area contributed by atoms with E-state index in [2.05, 4.69) is 12.1 Å². The Morgan fingerprint density at radius 3 is 2.41 bits per heavy atom. The molecule has 0 aromatic heterocycles. The minimum absolute atomic E-state index is 0.00874. The fourth-order valence-electron chi connectivity index (χ4n) is 1.76. The summed E-state index contributed by atoms with van der Waals surface area (Å²) in [5, 5.41) is 0. The van der Waals surface area contributed by atoms with Gasteiger partial charge in [0.05, 0.1) is 5.54 Å². The number of carbonyl (C=O) groups is 1. The van der Waals surface area contributed by atoms with Crippen molar-refractivity contribution in [3.8, 4) is 0 Å². The van der Waals surface area contributed by atoms with Crippen LogP contribution in [0.2, 0.25) is 0 Å². The third kappa shape index (κ3) is 4.57. The number of carbonyl (C=O) groups excluding carboxylic acids is 1. The molecule has 0 aliphatic carbocycles. The summed E-state index contributed by atoms with van der Waals surface area (Å²) >= 11 is 0. The molecule has 0 atom stereocenters. The average Bonchev–Trinajstić information content (AvgIpc) is 2.28. The molecule has 0 saturated heterocycles. The van der Waals surface area contributed by atoms with Crippen molar-refractivity contribution >= 4 is 5.91 Å². The van der Waals surface area contributed by atoms with Crippen LogP contribution in [0.15, 0.2) is 30.3 Å². The van der Waals surface area contributed by atoms with Crippen LogP contribution in [0.4, 0.5) is 0 Å². The maximum atomic E-state index is 11.8. The zero-order valence-electron chi connectivity index (χ0n) is 10.9. The second kappa shape index (κ2) is 5.82. The lowest BCUT2D eigenvalue weighted by molar-refractivity contribution is -0.134. The molecule has 0 radical (unpaired) electrons. The number of rotatable bonds is 5. The van der Waals surface area contributed by atoms with Crippen LogP contribution >= 0.6 is 0 Å². The van der Waals surface area contributed by atoms with Crippen molar-refractivity contribution < 1.29 is 4.79 Å². The fourth-order valence-corrected chi connectivity index (χ4v) is 1.76. The molecule has 1 rings (SSSR count). The molecule has 0 saturated carbocycles. The molecule has 0 heterocycles. The summed E-state index contributed by atoms with van der Waals surface area (Å²) in [5.41, 5.74) is 6.30. The molecule has 1 aromatic carbocycles. The highest BCUT2D eigenvalue weighted by molar-refractivity contribution is 5.84. The van der Waals surface area contributed by atoms with Crippen molar-refractivity contribution in [1.29, 1.82) is 0 Å². The second-order valence-electron chi connectivity index (χ2n) is 5.04. The first kappa shape index (κ1) is 13.7. The Morgan fingerprint density at radius 2 is 1.88 bits per heavy atom. The van der Waals surface area contributed by atoms with Gasteiger partial charge in [-0.3, -0.25) is 4.79 Å². The monoisotopic (exact) mass is 234 g/mol. The summed E-state index contributed by atoms with van der Waals surface area (Å²) in [4.78, 5) is 13.5. The number of hydrogen-bond donors (Lipinski definition) is 1. The lowest BCUT2D eigenvalue weighted by Crippen LogP contribution is -2.49. The average molecular weight is 234 g/mol. The molecule has 0 aliphatic heterocycles. The van der Waals surface area contributed by atoms with Gasteiger partial charge in [-0.15, -0.1) is 0 Å². The Labute approximate surface area is 104 Å². The van der Waals surface area contributed by atoms with Gasteiger partial charge in [0.15, 0.2) is 0 Å². The number of nitrogens with two attached hydrogens (primary N) is 1. The topological polar surface area (TPSA) is 46.3 Å². The van der Waals surface area contributed by atoms with E-state index >= 15 is 0 Å². The Kier molecular flexibility index (Phi) is 4.70. The maximum Gasteiger partial charge on any atom is 0.241 e. The molecular weight excluding hydrogens is 212 g/mol. The molecule has 0 bridgehead atoms. The molecule has 0 unspecified atom stereocenters. The van der Waals surface area contributed by atoms with Gasteiger partial charge < -0.3 is 10.6 Å². The van der Waals surface area contributed by atoms with Crippen LogP contribution in [0.3, 0.4) is 0 Å². The largest absolute Gasteiger partial charge is 0.344 e. The standard InChI is InChI=1S/C14H22N2O/c1-14(2,15)13(17)16(3)11-7-10-12-8-5-4-6-9-12/h4-6,8-9H,7,10-11,15H2,1-3H3. The van der Waals surface area contributed by atoms with E-state index in [0.29, 0.717) is 0 Å². The Hall–Kier alpha value is -1.35. The number of amides is 1. The van der Waals surface area contributed by atoms with E-state index in [1.165, 1.54) is 5.56 Å². The van der Waals surface area contributed by atoms with E-state index in [9.17, 15) is 4.79 Å². The van der Waals surface area contributed by atoms with E-state index < -0.39 is 5.54 Å². The smallest absolute Gasteiger partial charge is 0.241 e. The predicted octanol–water partition coefficient (Wildman–Crippen LogP) is 1.81. The zero-order chi connectivity index (χ0) is 12.9. The number of nitrogens with zero attached hydrogens (tertiary/aromatic N) is 1. The first-order valence-electron chi connectivity index (χ1n) is 5.99. The molecular formula is C14H22N2O. The molecule has 0 aliphatic rings. The highest BCUT2D eigenvalue weighted by atomic mass is 16.2. The van der Waals surface area contributed by atoms with Gasteiger partial charge in [0.1, 0.15) is 0 Å². The van der Waals surface area contributed by atoms with Crippen LogP contribution in [0.25, 0.3) is 0 Å². The molecule has 1 amide bonds. The first-order chi connectivity index (χ1) is 7.91. The molecule has 3 heteroatoms. The zero-order valence-corrected chi connectivity index (χ0v) is 10.9. The third-order valence-electron chi connectivity index (χ3n) is 2.70. The Balaban J connectivity index is 2.35. The van der Waals surface area contributed by atoms with Crippen LogP contribution in [0, 0.1) is 0 Å². The summed E-state index contributed by atoms with van der Waals surface area (Å²) in [6.07, 6.45) is 1.95. The van der Waals surface area contributed by atoms with E-state index in [-0.39, 0.29) is 5.91 Å². The lowest BCUT2D eigenvalue weighted by Gasteiger charge is -2.25. The van der Waals surface area contributed by atoms with Gasteiger partial charge in [-0.1, -0.05) is 30.3 Å². The second-order valence-corrected chi connectivity index (χ2v) is 5.04. The summed E-state index contributed by atoms with van der Waals surface area (Å²) in [7, 11) is 1.81. The summed E-state index contributed by atoms with van der Waals surface area (Å²) in [5.74, 6) is -0.00874. The number of benzene rings is 1. The van der Waals surface area contributed by atoms with Crippen molar-refractivity contribution in [2.75, 3.05) is 13.6 Å². The third-order valence-corrected chi connectivity index (χ3v) is 2.70. The van der Waals surface area contributed by atoms with Gasteiger partial charge in [0, 0.05) is 13.6 Å². The van der Waals surface area contributed by atoms with Gasteiger partial charge in [-0.25, -0.2) is 0 Å². The number of aryl methyl sites for hydroxylation is 1. The molecule has 17 heavy (non-hydrogen) atoms.